The molecule has 0 aliphatic rings. The molecule has 0 saturated heterocycles. The zero-order chi connectivity index (χ0) is 18.1. The molecule has 0 amide bonds. The van der Waals surface area contributed by atoms with Crippen LogP contribution < -0.4 is 0 Å². The van der Waals surface area contributed by atoms with E-state index in [2.05, 4.69) is 9.72 Å². The number of carbonyl (C=O) groups is 1. The molecule has 3 aromatic rings. The topological polar surface area (TPSA) is 59.4 Å². The lowest BCUT2D eigenvalue weighted by Crippen LogP contribution is -2.06. The average molecular weight is 343 g/mol. The molecule has 1 aromatic heterocycles. The first-order valence-corrected chi connectivity index (χ1v) is 7.55. The maximum absolute atomic E-state index is 13.8. The third kappa shape index (κ3) is 3.15. The number of esters is 1. The molecule has 2 aromatic carbocycles. The first-order valence-electron chi connectivity index (χ1n) is 7.55. The summed E-state index contributed by atoms with van der Waals surface area (Å²) in [7, 11) is 1.21. The second-order valence-corrected chi connectivity index (χ2v) is 5.68. The molecular weight excluding hydrogens is 328 g/mol. The average Bonchev–Trinajstić information content (AvgIpc) is 2.60. The number of rotatable bonds is 3. The summed E-state index contributed by atoms with van der Waals surface area (Å²) in [5.41, 5.74) is 1.33. The Bertz CT molecular complexity index is 986. The van der Waals surface area contributed by atoms with Gasteiger partial charge in [0.15, 0.2) is 11.4 Å². The number of ether oxygens (including phenoxy) is 1. The summed E-state index contributed by atoms with van der Waals surface area (Å²) >= 11 is 0. The van der Waals surface area contributed by atoms with E-state index in [0.29, 0.717) is 16.5 Å². The Morgan fingerprint density at radius 3 is 2.64 bits per heavy atom. The van der Waals surface area contributed by atoms with Crippen LogP contribution in [0.25, 0.3) is 10.8 Å². The predicted octanol–water partition coefficient (Wildman–Crippen LogP) is 3.90. The molecule has 0 bridgehead atoms. The fourth-order valence-electron chi connectivity index (χ4n) is 2.75. The molecule has 0 fully saturated rings. The highest BCUT2D eigenvalue weighted by atomic mass is 19.1. The number of aromatic hydroxyl groups is 1. The number of fused-ring (bicyclic) bond motifs is 1. The van der Waals surface area contributed by atoms with Gasteiger partial charge in [-0.3, -0.25) is 0 Å². The molecular formula is C19H15F2NO3. The number of carbonyl (C=O) groups excluding carboxylic acids is 1. The molecule has 0 aliphatic heterocycles. The largest absolute Gasteiger partial charge is 0.505 e. The molecule has 6 heteroatoms. The lowest BCUT2D eigenvalue weighted by atomic mass is 9.99. The van der Waals surface area contributed by atoms with Crippen molar-refractivity contribution in [2.45, 2.75) is 13.3 Å². The summed E-state index contributed by atoms with van der Waals surface area (Å²) in [6.07, 6.45) is 0.193. The fraction of sp³-hybridized carbons (Fsp3) is 0.158. The Kier molecular flexibility index (Phi) is 4.35. The van der Waals surface area contributed by atoms with Crippen molar-refractivity contribution >= 4 is 16.7 Å². The molecule has 0 saturated carbocycles. The van der Waals surface area contributed by atoms with Gasteiger partial charge in [0.2, 0.25) is 0 Å². The van der Waals surface area contributed by atoms with Crippen LogP contribution >= 0.6 is 0 Å². The molecule has 0 spiro atoms. The van der Waals surface area contributed by atoms with Crippen LogP contribution in [0.3, 0.4) is 0 Å². The summed E-state index contributed by atoms with van der Waals surface area (Å²) in [6.45, 7) is 1.70. The van der Waals surface area contributed by atoms with Crippen LogP contribution in [0.4, 0.5) is 8.78 Å². The molecule has 4 nitrogen and oxygen atoms in total. The summed E-state index contributed by atoms with van der Waals surface area (Å²) < 4.78 is 31.8. The first kappa shape index (κ1) is 16.8. The van der Waals surface area contributed by atoms with Crippen molar-refractivity contribution in [3.05, 3.63) is 70.5 Å². The minimum atomic E-state index is -0.728. The van der Waals surface area contributed by atoms with E-state index in [9.17, 15) is 18.7 Å². The van der Waals surface area contributed by atoms with Crippen molar-refractivity contribution in [2.24, 2.45) is 0 Å². The number of nitrogens with zero attached hydrogens (tertiary/aromatic N) is 1. The monoisotopic (exact) mass is 343 g/mol. The van der Waals surface area contributed by atoms with E-state index in [4.69, 9.17) is 0 Å². The number of halogens is 2. The van der Waals surface area contributed by atoms with Crippen molar-refractivity contribution in [2.75, 3.05) is 7.11 Å². The zero-order valence-corrected chi connectivity index (χ0v) is 13.6. The smallest absolute Gasteiger partial charge is 0.360 e. The Morgan fingerprint density at radius 2 is 1.92 bits per heavy atom. The summed E-state index contributed by atoms with van der Waals surface area (Å²) in [4.78, 5) is 15.8. The highest BCUT2D eigenvalue weighted by molar-refractivity contribution is 6.00. The maximum Gasteiger partial charge on any atom is 0.360 e. The van der Waals surface area contributed by atoms with Crippen LogP contribution in [0.5, 0.6) is 5.75 Å². The van der Waals surface area contributed by atoms with Crippen molar-refractivity contribution in [3.8, 4) is 5.75 Å². The Balaban J connectivity index is 2.07. The highest BCUT2D eigenvalue weighted by Crippen LogP contribution is 2.31. The van der Waals surface area contributed by atoms with E-state index >= 15 is 0 Å². The van der Waals surface area contributed by atoms with Gasteiger partial charge in [-0.25, -0.2) is 18.6 Å². The first-order chi connectivity index (χ1) is 11.9. The minimum absolute atomic E-state index is 0.156. The number of methoxy groups -OCH3 is 1. The molecule has 3 rings (SSSR count). The summed E-state index contributed by atoms with van der Waals surface area (Å²) in [6, 6.07) is 8.36. The van der Waals surface area contributed by atoms with E-state index in [0.717, 1.165) is 23.8 Å². The van der Waals surface area contributed by atoms with Gasteiger partial charge < -0.3 is 9.84 Å². The molecule has 1 N–H and O–H groups in total. The van der Waals surface area contributed by atoms with Crippen LogP contribution in [-0.4, -0.2) is 23.2 Å². The molecule has 0 radical (unpaired) electrons. The third-order valence-corrected chi connectivity index (χ3v) is 4.01. The number of pyridine rings is 1. The lowest BCUT2D eigenvalue weighted by Gasteiger charge is -2.11. The van der Waals surface area contributed by atoms with Gasteiger partial charge in [-0.15, -0.1) is 0 Å². The third-order valence-electron chi connectivity index (χ3n) is 4.01. The van der Waals surface area contributed by atoms with Gasteiger partial charge in [-0.05, 0) is 42.3 Å². The van der Waals surface area contributed by atoms with E-state index in [1.165, 1.54) is 7.11 Å². The molecule has 128 valence electrons. The second kappa shape index (κ2) is 6.47. The van der Waals surface area contributed by atoms with Crippen molar-refractivity contribution in [1.29, 1.82) is 0 Å². The maximum atomic E-state index is 13.8. The zero-order valence-electron chi connectivity index (χ0n) is 13.6. The van der Waals surface area contributed by atoms with Gasteiger partial charge in [0.25, 0.3) is 0 Å². The van der Waals surface area contributed by atoms with Crippen LogP contribution in [-0.2, 0) is 11.2 Å². The van der Waals surface area contributed by atoms with E-state index in [-0.39, 0.29) is 23.4 Å². The molecule has 0 aliphatic carbocycles. The molecule has 1 heterocycles. The predicted molar refractivity (Wildman–Crippen MR) is 88.6 cm³/mol. The van der Waals surface area contributed by atoms with E-state index < -0.39 is 17.6 Å². The number of aryl methyl sites for hydroxylation is 1. The fourth-order valence-corrected chi connectivity index (χ4v) is 2.75. The van der Waals surface area contributed by atoms with Gasteiger partial charge in [-0.1, -0.05) is 12.1 Å². The number of benzene rings is 2. The van der Waals surface area contributed by atoms with Crippen molar-refractivity contribution < 1.29 is 23.4 Å². The van der Waals surface area contributed by atoms with E-state index in [1.807, 2.05) is 0 Å². The normalized spacial score (nSPS) is 10.9. The van der Waals surface area contributed by atoms with Gasteiger partial charge in [0.05, 0.1) is 7.11 Å². The number of aromatic nitrogens is 1. The summed E-state index contributed by atoms with van der Waals surface area (Å²) in [5.74, 6) is -1.99. The van der Waals surface area contributed by atoms with Crippen molar-refractivity contribution in [3.63, 3.8) is 0 Å². The number of hydrogen-bond donors (Lipinski definition) is 1. The Hall–Kier alpha value is -3.02. The standard InChI is InChI=1S/C19H15F2NO3/c1-10-15-8-11(7-12-9-13(20)4-6-16(12)21)3-5-14(15)18(23)17(22-10)19(24)25-2/h3-6,8-9,23H,7H2,1-2H3. The van der Waals surface area contributed by atoms with Crippen LogP contribution in [0.15, 0.2) is 36.4 Å². The van der Waals surface area contributed by atoms with Crippen LogP contribution in [0, 0.1) is 18.6 Å². The van der Waals surface area contributed by atoms with E-state index in [1.54, 1.807) is 25.1 Å². The highest BCUT2D eigenvalue weighted by Gasteiger charge is 2.18. The lowest BCUT2D eigenvalue weighted by molar-refractivity contribution is 0.0590. The SMILES string of the molecule is COC(=O)c1nc(C)c2cc(Cc3cc(F)ccc3F)ccc2c1O. The Morgan fingerprint density at radius 1 is 1.16 bits per heavy atom. The van der Waals surface area contributed by atoms with Gasteiger partial charge in [0.1, 0.15) is 11.6 Å². The minimum Gasteiger partial charge on any atom is -0.505 e. The molecule has 0 atom stereocenters. The van der Waals surface area contributed by atoms with Crippen LogP contribution in [0.1, 0.15) is 27.3 Å². The quantitative estimate of drug-likeness (QED) is 0.733. The second-order valence-electron chi connectivity index (χ2n) is 5.68. The van der Waals surface area contributed by atoms with Crippen molar-refractivity contribution in [1.82, 2.24) is 4.98 Å². The summed E-state index contributed by atoms with van der Waals surface area (Å²) in [5, 5.41) is 11.3. The van der Waals surface area contributed by atoms with Gasteiger partial charge in [-0.2, -0.15) is 0 Å². The molecule has 25 heavy (non-hydrogen) atoms. The van der Waals surface area contributed by atoms with Gasteiger partial charge in [0, 0.05) is 22.9 Å². The number of hydrogen-bond acceptors (Lipinski definition) is 4. The Labute approximate surface area is 142 Å². The molecule has 0 unspecified atom stereocenters. The van der Waals surface area contributed by atoms with Crippen LogP contribution in [0.2, 0.25) is 0 Å². The van der Waals surface area contributed by atoms with Gasteiger partial charge >= 0.3 is 5.97 Å².